The van der Waals surface area contributed by atoms with Gasteiger partial charge in [0.25, 0.3) is 0 Å². The molecule has 0 atom stereocenters. The number of aromatic nitrogens is 3. The zero-order valence-electron chi connectivity index (χ0n) is 12.9. The topological polar surface area (TPSA) is 43.2 Å². The minimum absolute atomic E-state index is 0.312. The van der Waals surface area contributed by atoms with E-state index < -0.39 is 0 Å². The molecule has 5 nitrogen and oxygen atoms in total. The van der Waals surface area contributed by atoms with Crippen LogP contribution in [0.1, 0.15) is 17.0 Å². The number of para-hydroxylation sites is 1. The van der Waals surface area contributed by atoms with Gasteiger partial charge in [0.05, 0.1) is 0 Å². The molecule has 0 amide bonds. The molecule has 3 rings (SSSR count). The molecular weight excluding hydrogens is 264 g/mol. The third-order valence-corrected chi connectivity index (χ3v) is 4.08. The van der Waals surface area contributed by atoms with Crippen molar-refractivity contribution < 1.29 is 4.74 Å². The van der Waals surface area contributed by atoms with Crippen LogP contribution in [0.25, 0.3) is 0 Å². The standard InChI is InChI=1S/C16H22N4O/c1-12-5-4-6-13(2)16(12)21-15-9-19(10-15)7-8-20-11-17-18-14(20)3/h4-6,11,15H,7-10H2,1-3H3. The molecule has 1 aromatic heterocycles. The first-order valence-corrected chi connectivity index (χ1v) is 7.43. The van der Waals surface area contributed by atoms with E-state index in [2.05, 4.69) is 51.7 Å². The summed E-state index contributed by atoms with van der Waals surface area (Å²) in [6.45, 7) is 10.1. The summed E-state index contributed by atoms with van der Waals surface area (Å²) in [5, 5.41) is 7.90. The van der Waals surface area contributed by atoms with Gasteiger partial charge in [0.1, 0.15) is 24.0 Å². The van der Waals surface area contributed by atoms with E-state index in [1.807, 2.05) is 6.92 Å². The van der Waals surface area contributed by atoms with E-state index in [0.717, 1.165) is 37.8 Å². The van der Waals surface area contributed by atoms with Crippen LogP contribution < -0.4 is 4.74 Å². The van der Waals surface area contributed by atoms with Gasteiger partial charge in [-0.05, 0) is 31.9 Å². The van der Waals surface area contributed by atoms with Crippen LogP contribution in [0.5, 0.6) is 5.75 Å². The van der Waals surface area contributed by atoms with Crippen molar-refractivity contribution in [1.29, 1.82) is 0 Å². The smallest absolute Gasteiger partial charge is 0.129 e. The van der Waals surface area contributed by atoms with Crippen LogP contribution in [0.4, 0.5) is 0 Å². The number of likely N-dealkylation sites (tertiary alicyclic amines) is 1. The molecule has 0 spiro atoms. The SMILES string of the molecule is Cc1cccc(C)c1OC1CN(CCn2cnnc2C)C1. The number of hydrogen-bond acceptors (Lipinski definition) is 4. The van der Waals surface area contributed by atoms with Crippen molar-refractivity contribution in [2.45, 2.75) is 33.4 Å². The molecule has 112 valence electrons. The van der Waals surface area contributed by atoms with Crippen LogP contribution in [-0.4, -0.2) is 45.4 Å². The Hall–Kier alpha value is -1.88. The maximum absolute atomic E-state index is 6.13. The molecule has 1 fully saturated rings. The fraction of sp³-hybridized carbons (Fsp3) is 0.500. The van der Waals surface area contributed by atoms with E-state index in [9.17, 15) is 0 Å². The Kier molecular flexibility index (Phi) is 3.92. The van der Waals surface area contributed by atoms with Crippen molar-refractivity contribution in [3.63, 3.8) is 0 Å². The van der Waals surface area contributed by atoms with Gasteiger partial charge in [-0.3, -0.25) is 4.90 Å². The minimum Gasteiger partial charge on any atom is -0.487 e. The van der Waals surface area contributed by atoms with E-state index in [1.54, 1.807) is 6.33 Å². The summed E-state index contributed by atoms with van der Waals surface area (Å²) in [6.07, 6.45) is 2.10. The van der Waals surface area contributed by atoms with Gasteiger partial charge >= 0.3 is 0 Å². The molecule has 0 N–H and O–H groups in total. The Morgan fingerprint density at radius 2 is 1.86 bits per heavy atom. The van der Waals surface area contributed by atoms with Gasteiger partial charge in [0.2, 0.25) is 0 Å². The molecule has 0 radical (unpaired) electrons. The van der Waals surface area contributed by atoms with Gasteiger partial charge in [-0.1, -0.05) is 18.2 Å². The molecule has 2 aromatic rings. The lowest BCUT2D eigenvalue weighted by atomic mass is 10.1. The lowest BCUT2D eigenvalue weighted by Gasteiger charge is -2.39. The normalized spacial score (nSPS) is 16.0. The second-order valence-electron chi connectivity index (χ2n) is 5.79. The van der Waals surface area contributed by atoms with Crippen molar-refractivity contribution in [3.8, 4) is 5.75 Å². The zero-order valence-corrected chi connectivity index (χ0v) is 12.9. The molecular formula is C16H22N4O. The highest BCUT2D eigenvalue weighted by Crippen LogP contribution is 2.25. The molecule has 1 aliphatic rings. The Labute approximate surface area is 125 Å². The summed E-state index contributed by atoms with van der Waals surface area (Å²) in [5.74, 6) is 2.02. The maximum Gasteiger partial charge on any atom is 0.129 e. The van der Waals surface area contributed by atoms with Gasteiger partial charge in [0.15, 0.2) is 0 Å². The van der Waals surface area contributed by atoms with Crippen molar-refractivity contribution in [2.75, 3.05) is 19.6 Å². The lowest BCUT2D eigenvalue weighted by Crippen LogP contribution is -2.54. The summed E-state index contributed by atoms with van der Waals surface area (Å²) in [4.78, 5) is 2.40. The van der Waals surface area contributed by atoms with Crippen molar-refractivity contribution in [2.24, 2.45) is 0 Å². The maximum atomic E-state index is 6.13. The Morgan fingerprint density at radius 1 is 1.14 bits per heavy atom. The van der Waals surface area contributed by atoms with Crippen molar-refractivity contribution in [1.82, 2.24) is 19.7 Å². The summed E-state index contributed by atoms with van der Waals surface area (Å²) in [7, 11) is 0. The minimum atomic E-state index is 0.312. The van der Waals surface area contributed by atoms with Gasteiger partial charge in [-0.2, -0.15) is 0 Å². The highest BCUT2D eigenvalue weighted by atomic mass is 16.5. The number of hydrogen-bond donors (Lipinski definition) is 0. The second-order valence-corrected chi connectivity index (χ2v) is 5.79. The van der Waals surface area contributed by atoms with Crippen LogP contribution >= 0.6 is 0 Å². The highest BCUT2D eigenvalue weighted by Gasteiger charge is 2.28. The quantitative estimate of drug-likeness (QED) is 0.843. The van der Waals surface area contributed by atoms with Gasteiger partial charge in [0, 0.05) is 26.2 Å². The van der Waals surface area contributed by atoms with Gasteiger partial charge in [-0.15, -0.1) is 10.2 Å². The molecule has 0 unspecified atom stereocenters. The third-order valence-electron chi connectivity index (χ3n) is 4.08. The van der Waals surface area contributed by atoms with Crippen LogP contribution in [0.15, 0.2) is 24.5 Å². The first-order chi connectivity index (χ1) is 10.1. The molecule has 0 saturated carbocycles. The number of nitrogens with zero attached hydrogens (tertiary/aromatic N) is 4. The van der Waals surface area contributed by atoms with Gasteiger partial charge in [-0.25, -0.2) is 0 Å². The monoisotopic (exact) mass is 286 g/mol. The van der Waals surface area contributed by atoms with Crippen LogP contribution in [0.3, 0.4) is 0 Å². The molecule has 1 saturated heterocycles. The summed E-state index contributed by atoms with van der Waals surface area (Å²) < 4.78 is 8.21. The van der Waals surface area contributed by atoms with E-state index in [4.69, 9.17) is 4.74 Å². The number of benzene rings is 1. The van der Waals surface area contributed by atoms with Crippen LogP contribution in [-0.2, 0) is 6.54 Å². The predicted octanol–water partition coefficient (Wildman–Crippen LogP) is 1.97. The molecule has 1 aliphatic heterocycles. The molecule has 0 bridgehead atoms. The Morgan fingerprint density at radius 3 is 2.48 bits per heavy atom. The fourth-order valence-corrected chi connectivity index (χ4v) is 2.71. The third kappa shape index (κ3) is 3.08. The predicted molar refractivity (Wildman–Crippen MR) is 81.5 cm³/mol. The number of rotatable bonds is 5. The molecule has 21 heavy (non-hydrogen) atoms. The molecule has 2 heterocycles. The first-order valence-electron chi connectivity index (χ1n) is 7.43. The average molecular weight is 286 g/mol. The van der Waals surface area contributed by atoms with E-state index in [-0.39, 0.29) is 0 Å². The Bertz CT molecular complexity index is 596. The number of ether oxygens (including phenoxy) is 1. The van der Waals surface area contributed by atoms with E-state index >= 15 is 0 Å². The molecule has 1 aromatic carbocycles. The van der Waals surface area contributed by atoms with E-state index in [0.29, 0.717) is 6.10 Å². The number of aryl methyl sites for hydroxylation is 3. The summed E-state index contributed by atoms with van der Waals surface area (Å²) in [5.41, 5.74) is 2.43. The largest absolute Gasteiger partial charge is 0.487 e. The van der Waals surface area contributed by atoms with E-state index in [1.165, 1.54) is 11.1 Å². The lowest BCUT2D eigenvalue weighted by molar-refractivity contribution is 0.0171. The Balaban J connectivity index is 1.47. The highest BCUT2D eigenvalue weighted by molar-refractivity contribution is 5.40. The fourth-order valence-electron chi connectivity index (χ4n) is 2.71. The van der Waals surface area contributed by atoms with Crippen LogP contribution in [0.2, 0.25) is 0 Å². The van der Waals surface area contributed by atoms with Crippen LogP contribution in [0, 0.1) is 20.8 Å². The molecule has 0 aliphatic carbocycles. The zero-order chi connectivity index (χ0) is 14.8. The van der Waals surface area contributed by atoms with Crippen molar-refractivity contribution >= 4 is 0 Å². The molecule has 5 heteroatoms. The summed E-state index contributed by atoms with van der Waals surface area (Å²) >= 11 is 0. The van der Waals surface area contributed by atoms with Crippen molar-refractivity contribution in [3.05, 3.63) is 41.5 Å². The summed E-state index contributed by atoms with van der Waals surface area (Å²) in [6, 6.07) is 6.28. The van der Waals surface area contributed by atoms with Gasteiger partial charge < -0.3 is 9.30 Å². The first kappa shape index (κ1) is 14.1. The second kappa shape index (κ2) is 5.85. The average Bonchev–Trinajstić information content (AvgIpc) is 2.81.